The van der Waals surface area contributed by atoms with Crippen LogP contribution in [0.5, 0.6) is 0 Å². The van der Waals surface area contributed by atoms with Crippen molar-refractivity contribution in [2.24, 2.45) is 11.7 Å². The molecule has 0 aromatic carbocycles. The molecule has 3 nitrogen and oxygen atoms in total. The fourth-order valence-electron chi connectivity index (χ4n) is 2.03. The van der Waals surface area contributed by atoms with Crippen LogP contribution < -0.4 is 5.73 Å². The van der Waals surface area contributed by atoms with E-state index in [0.29, 0.717) is 6.54 Å². The van der Waals surface area contributed by atoms with Gasteiger partial charge in [0, 0.05) is 45.8 Å². The Morgan fingerprint density at radius 3 is 2.20 bits per heavy atom. The zero-order valence-corrected chi connectivity index (χ0v) is 10.2. The molecule has 2 N–H and O–H groups in total. The lowest BCUT2D eigenvalue weighted by Gasteiger charge is -2.35. The first-order valence-corrected chi connectivity index (χ1v) is 5.93. The van der Waals surface area contributed by atoms with Crippen LogP contribution in [0.15, 0.2) is 12.2 Å². The Morgan fingerprint density at radius 1 is 1.20 bits per heavy atom. The summed E-state index contributed by atoms with van der Waals surface area (Å²) in [5, 5.41) is 0. The lowest BCUT2D eigenvalue weighted by molar-refractivity contribution is 0.129. The first-order valence-electron chi connectivity index (χ1n) is 5.93. The van der Waals surface area contributed by atoms with Crippen LogP contribution in [0.4, 0.5) is 0 Å². The maximum Gasteiger partial charge on any atom is 0.0203 e. The summed E-state index contributed by atoms with van der Waals surface area (Å²) < 4.78 is 0. The van der Waals surface area contributed by atoms with Gasteiger partial charge >= 0.3 is 0 Å². The Labute approximate surface area is 93.9 Å². The Balaban J connectivity index is 2.20. The van der Waals surface area contributed by atoms with Crippen LogP contribution in [-0.4, -0.2) is 55.6 Å². The maximum atomic E-state index is 5.55. The van der Waals surface area contributed by atoms with Crippen molar-refractivity contribution in [3.63, 3.8) is 0 Å². The summed E-state index contributed by atoms with van der Waals surface area (Å²) in [6.45, 7) is 16.0. The smallest absolute Gasteiger partial charge is 0.0203 e. The van der Waals surface area contributed by atoms with Crippen LogP contribution in [0, 0.1) is 5.92 Å². The average Bonchev–Trinajstić information content (AvgIpc) is 2.20. The number of hydrogen-bond acceptors (Lipinski definition) is 3. The highest BCUT2D eigenvalue weighted by molar-refractivity contribution is 4.99. The second kappa shape index (κ2) is 6.26. The van der Waals surface area contributed by atoms with Gasteiger partial charge in [0.2, 0.25) is 0 Å². The largest absolute Gasteiger partial charge is 0.327 e. The summed E-state index contributed by atoms with van der Waals surface area (Å²) in [4.78, 5) is 5.00. The molecule has 0 aromatic heterocycles. The van der Waals surface area contributed by atoms with Crippen molar-refractivity contribution < 1.29 is 0 Å². The molecule has 3 heteroatoms. The molecular formula is C12H25N3. The van der Waals surface area contributed by atoms with E-state index in [9.17, 15) is 0 Å². The zero-order valence-electron chi connectivity index (χ0n) is 10.2. The number of nitrogens with two attached hydrogens (primary N) is 1. The average molecular weight is 211 g/mol. The Bertz CT molecular complexity index is 193. The molecule has 0 bridgehead atoms. The fraction of sp³-hybridized carbons (Fsp3) is 0.833. The monoisotopic (exact) mass is 211 g/mol. The summed E-state index contributed by atoms with van der Waals surface area (Å²) >= 11 is 0. The van der Waals surface area contributed by atoms with Crippen LogP contribution in [0.3, 0.4) is 0 Å². The Morgan fingerprint density at radius 2 is 1.73 bits per heavy atom. The number of piperazine rings is 1. The molecule has 0 spiro atoms. The van der Waals surface area contributed by atoms with Gasteiger partial charge in [-0.2, -0.15) is 0 Å². The van der Waals surface area contributed by atoms with E-state index in [1.807, 2.05) is 0 Å². The summed E-state index contributed by atoms with van der Waals surface area (Å²) in [7, 11) is 0. The second-order valence-electron chi connectivity index (χ2n) is 4.92. The topological polar surface area (TPSA) is 32.5 Å². The molecule has 1 aliphatic heterocycles. The number of rotatable bonds is 5. The molecule has 0 aromatic rings. The van der Waals surface area contributed by atoms with Crippen molar-refractivity contribution in [2.45, 2.75) is 13.8 Å². The SMILES string of the molecule is C=C(CN)CN1CCN(CC(C)C)CC1. The van der Waals surface area contributed by atoms with Crippen LogP contribution in [0.1, 0.15) is 13.8 Å². The minimum Gasteiger partial charge on any atom is -0.327 e. The minimum absolute atomic E-state index is 0.617. The maximum absolute atomic E-state index is 5.55. The number of hydrogen-bond donors (Lipinski definition) is 1. The molecular weight excluding hydrogens is 186 g/mol. The fourth-order valence-corrected chi connectivity index (χ4v) is 2.03. The molecule has 1 heterocycles. The minimum atomic E-state index is 0.617. The van der Waals surface area contributed by atoms with E-state index in [4.69, 9.17) is 5.73 Å². The summed E-state index contributed by atoms with van der Waals surface area (Å²) in [6.07, 6.45) is 0. The van der Waals surface area contributed by atoms with E-state index in [1.54, 1.807) is 0 Å². The first kappa shape index (κ1) is 12.7. The lowest BCUT2D eigenvalue weighted by atomic mass is 10.2. The molecule has 0 aliphatic carbocycles. The molecule has 0 saturated carbocycles. The lowest BCUT2D eigenvalue weighted by Crippen LogP contribution is -2.48. The van der Waals surface area contributed by atoms with Crippen LogP contribution in [-0.2, 0) is 0 Å². The van der Waals surface area contributed by atoms with Gasteiger partial charge in [0.1, 0.15) is 0 Å². The molecule has 0 unspecified atom stereocenters. The van der Waals surface area contributed by atoms with Gasteiger partial charge in [-0.25, -0.2) is 0 Å². The van der Waals surface area contributed by atoms with E-state index >= 15 is 0 Å². The third-order valence-corrected chi connectivity index (χ3v) is 2.82. The molecule has 1 rings (SSSR count). The van der Waals surface area contributed by atoms with Gasteiger partial charge in [-0.15, -0.1) is 0 Å². The van der Waals surface area contributed by atoms with Crippen molar-refractivity contribution in [1.82, 2.24) is 9.80 Å². The van der Waals surface area contributed by atoms with Crippen molar-refractivity contribution >= 4 is 0 Å². The van der Waals surface area contributed by atoms with Gasteiger partial charge < -0.3 is 10.6 Å². The van der Waals surface area contributed by atoms with Crippen LogP contribution >= 0.6 is 0 Å². The van der Waals surface area contributed by atoms with E-state index in [2.05, 4.69) is 30.2 Å². The summed E-state index contributed by atoms with van der Waals surface area (Å²) in [5.41, 5.74) is 6.69. The van der Waals surface area contributed by atoms with Crippen molar-refractivity contribution in [2.75, 3.05) is 45.8 Å². The highest BCUT2D eigenvalue weighted by atomic mass is 15.3. The Hall–Kier alpha value is -0.380. The normalized spacial score (nSPS) is 19.7. The zero-order chi connectivity index (χ0) is 11.3. The standard InChI is InChI=1S/C12H25N3/c1-11(2)9-14-4-6-15(7-5-14)10-12(3)8-13/h11H,3-10,13H2,1-2H3. The van der Waals surface area contributed by atoms with Crippen LogP contribution in [0.2, 0.25) is 0 Å². The molecule has 1 saturated heterocycles. The molecule has 88 valence electrons. The predicted molar refractivity (Wildman–Crippen MR) is 65.9 cm³/mol. The van der Waals surface area contributed by atoms with Gasteiger partial charge in [-0.1, -0.05) is 20.4 Å². The third kappa shape index (κ3) is 4.78. The van der Waals surface area contributed by atoms with Gasteiger partial charge in [0.05, 0.1) is 0 Å². The molecule has 1 aliphatic rings. The predicted octanol–water partition coefficient (Wildman–Crippen LogP) is 0.775. The van der Waals surface area contributed by atoms with Gasteiger partial charge in [-0.3, -0.25) is 4.90 Å². The van der Waals surface area contributed by atoms with Crippen molar-refractivity contribution in [1.29, 1.82) is 0 Å². The van der Waals surface area contributed by atoms with E-state index in [-0.39, 0.29) is 0 Å². The second-order valence-corrected chi connectivity index (χ2v) is 4.92. The van der Waals surface area contributed by atoms with E-state index in [0.717, 1.165) is 31.1 Å². The summed E-state index contributed by atoms with van der Waals surface area (Å²) in [5.74, 6) is 0.774. The molecule has 0 amide bonds. The highest BCUT2D eigenvalue weighted by Crippen LogP contribution is 2.06. The third-order valence-electron chi connectivity index (χ3n) is 2.82. The van der Waals surface area contributed by atoms with E-state index < -0.39 is 0 Å². The molecule has 15 heavy (non-hydrogen) atoms. The van der Waals surface area contributed by atoms with Gasteiger partial charge in [0.25, 0.3) is 0 Å². The molecule has 1 fully saturated rings. The van der Waals surface area contributed by atoms with Crippen molar-refractivity contribution in [3.8, 4) is 0 Å². The highest BCUT2D eigenvalue weighted by Gasteiger charge is 2.17. The summed E-state index contributed by atoms with van der Waals surface area (Å²) in [6, 6.07) is 0. The van der Waals surface area contributed by atoms with E-state index in [1.165, 1.54) is 19.6 Å². The Kier molecular flexibility index (Phi) is 5.29. The van der Waals surface area contributed by atoms with Gasteiger partial charge in [-0.05, 0) is 11.5 Å². The molecule has 0 atom stereocenters. The van der Waals surface area contributed by atoms with Crippen LogP contribution in [0.25, 0.3) is 0 Å². The first-order chi connectivity index (χ1) is 7.11. The van der Waals surface area contributed by atoms with Gasteiger partial charge in [0.15, 0.2) is 0 Å². The quantitative estimate of drug-likeness (QED) is 0.682. The number of nitrogens with zero attached hydrogens (tertiary/aromatic N) is 2. The molecule has 0 radical (unpaired) electrons. The van der Waals surface area contributed by atoms with Crippen molar-refractivity contribution in [3.05, 3.63) is 12.2 Å².